The quantitative estimate of drug-likeness (QED) is 0.475. The summed E-state index contributed by atoms with van der Waals surface area (Å²) in [7, 11) is -3.52. The molecule has 1 amide bonds. The van der Waals surface area contributed by atoms with Crippen LogP contribution in [0, 0.1) is 12.3 Å². The van der Waals surface area contributed by atoms with Crippen LogP contribution in [0.5, 0.6) is 0 Å². The maximum atomic E-state index is 12.9. The van der Waals surface area contributed by atoms with Gasteiger partial charge in [0, 0.05) is 18.7 Å². The molecular weight excluding hydrogens is 454 g/mol. The van der Waals surface area contributed by atoms with Crippen molar-refractivity contribution in [2.24, 2.45) is 4.99 Å². The number of thiazole rings is 1. The van der Waals surface area contributed by atoms with Crippen LogP contribution < -0.4 is 4.80 Å². The molecule has 8 heteroatoms. The normalized spacial score (nSPS) is 15.2. The van der Waals surface area contributed by atoms with E-state index >= 15 is 0 Å². The summed E-state index contributed by atoms with van der Waals surface area (Å²) >= 11 is 1.44. The first-order valence-corrected chi connectivity index (χ1v) is 13.4. The van der Waals surface area contributed by atoms with Crippen LogP contribution in [0.25, 0.3) is 10.2 Å². The molecule has 0 atom stereocenters. The lowest BCUT2D eigenvalue weighted by Gasteiger charge is -2.15. The number of hydrogen-bond donors (Lipinski definition) is 0. The third kappa shape index (κ3) is 4.96. The molecule has 1 aliphatic heterocycles. The Morgan fingerprint density at radius 3 is 2.55 bits per heavy atom. The standard InChI is InChI=1S/C25H27N3O3S2/c1-3-5-8-19-9-14-22-23(18-19)32-25(28(22)15-4-2)26-24(29)20-10-12-21(13-11-20)33(30,31)27-16-6-7-17-27/h2,9-14,18H,3,5-8,15-17H2,1H3. The number of aromatic nitrogens is 1. The van der Waals surface area contributed by atoms with E-state index in [0.717, 1.165) is 42.3 Å². The van der Waals surface area contributed by atoms with Gasteiger partial charge in [-0.15, -0.1) is 6.42 Å². The van der Waals surface area contributed by atoms with Crippen LogP contribution in [0.1, 0.15) is 48.5 Å². The van der Waals surface area contributed by atoms with Crippen molar-refractivity contribution in [1.82, 2.24) is 8.87 Å². The number of nitrogens with zero attached hydrogens (tertiary/aromatic N) is 3. The molecule has 172 valence electrons. The molecule has 2 heterocycles. The molecule has 1 saturated heterocycles. The number of fused-ring (bicyclic) bond motifs is 1. The SMILES string of the molecule is C#CCn1c(=NC(=O)c2ccc(S(=O)(=O)N3CCCC3)cc2)sc2cc(CCCC)ccc21. The van der Waals surface area contributed by atoms with Crippen molar-refractivity contribution in [1.29, 1.82) is 0 Å². The smallest absolute Gasteiger partial charge is 0.279 e. The van der Waals surface area contributed by atoms with Crippen molar-refractivity contribution in [3.05, 3.63) is 58.4 Å². The number of terminal acetylenes is 1. The summed E-state index contributed by atoms with van der Waals surface area (Å²) in [4.78, 5) is 18.0. The molecular formula is C25H27N3O3S2. The fourth-order valence-corrected chi connectivity index (χ4v) is 6.59. The van der Waals surface area contributed by atoms with Gasteiger partial charge in [-0.1, -0.05) is 36.7 Å². The Bertz CT molecular complexity index is 1370. The first-order valence-electron chi connectivity index (χ1n) is 11.2. The second kappa shape index (κ2) is 10.0. The van der Waals surface area contributed by atoms with E-state index in [2.05, 4.69) is 30.0 Å². The van der Waals surface area contributed by atoms with E-state index in [9.17, 15) is 13.2 Å². The van der Waals surface area contributed by atoms with Gasteiger partial charge < -0.3 is 4.57 Å². The Balaban J connectivity index is 1.65. The highest BCUT2D eigenvalue weighted by atomic mass is 32.2. The summed E-state index contributed by atoms with van der Waals surface area (Å²) in [5, 5.41) is 0. The van der Waals surface area contributed by atoms with Gasteiger partial charge >= 0.3 is 0 Å². The highest BCUT2D eigenvalue weighted by Crippen LogP contribution is 2.22. The summed E-state index contributed by atoms with van der Waals surface area (Å²) in [6.07, 6.45) is 10.6. The van der Waals surface area contributed by atoms with Gasteiger partial charge in [-0.2, -0.15) is 9.30 Å². The molecule has 0 radical (unpaired) electrons. The maximum absolute atomic E-state index is 12.9. The molecule has 6 nitrogen and oxygen atoms in total. The predicted octanol–water partition coefficient (Wildman–Crippen LogP) is 4.20. The molecule has 0 N–H and O–H groups in total. The van der Waals surface area contributed by atoms with Gasteiger partial charge in [0.15, 0.2) is 4.80 Å². The number of sulfonamides is 1. The molecule has 4 rings (SSSR count). The molecule has 0 bridgehead atoms. The van der Waals surface area contributed by atoms with Gasteiger partial charge in [-0.05, 0) is 67.6 Å². The first kappa shape index (κ1) is 23.4. The average Bonchev–Trinajstić information content (AvgIpc) is 3.47. The molecule has 33 heavy (non-hydrogen) atoms. The van der Waals surface area contributed by atoms with Crippen LogP contribution in [0.4, 0.5) is 0 Å². The van der Waals surface area contributed by atoms with E-state index in [0.29, 0.717) is 30.0 Å². The van der Waals surface area contributed by atoms with Crippen molar-refractivity contribution < 1.29 is 13.2 Å². The van der Waals surface area contributed by atoms with Crippen LogP contribution in [0.2, 0.25) is 0 Å². The van der Waals surface area contributed by atoms with Gasteiger partial charge in [0.1, 0.15) is 0 Å². The number of benzene rings is 2. The molecule has 1 aromatic heterocycles. The fraction of sp³-hybridized carbons (Fsp3) is 0.360. The molecule has 0 saturated carbocycles. The van der Waals surface area contributed by atoms with Crippen LogP contribution in [0.3, 0.4) is 0 Å². The summed E-state index contributed by atoms with van der Waals surface area (Å²) in [5.41, 5.74) is 2.55. The summed E-state index contributed by atoms with van der Waals surface area (Å²) in [6.45, 7) is 3.56. The lowest BCUT2D eigenvalue weighted by Crippen LogP contribution is -2.27. The third-order valence-corrected chi connectivity index (χ3v) is 8.77. The first-order chi connectivity index (χ1) is 15.9. The minimum absolute atomic E-state index is 0.199. The number of hydrogen-bond acceptors (Lipinski definition) is 4. The van der Waals surface area contributed by atoms with E-state index in [1.807, 2.05) is 10.6 Å². The predicted molar refractivity (Wildman–Crippen MR) is 132 cm³/mol. The molecule has 3 aromatic rings. The van der Waals surface area contributed by atoms with Crippen LogP contribution in [-0.2, 0) is 23.0 Å². The lowest BCUT2D eigenvalue weighted by molar-refractivity contribution is 0.0998. The van der Waals surface area contributed by atoms with E-state index in [1.54, 1.807) is 0 Å². The average molecular weight is 482 g/mol. The van der Waals surface area contributed by atoms with Crippen molar-refractivity contribution in [3.63, 3.8) is 0 Å². The van der Waals surface area contributed by atoms with Crippen LogP contribution >= 0.6 is 11.3 Å². The van der Waals surface area contributed by atoms with E-state index in [4.69, 9.17) is 6.42 Å². The molecule has 1 fully saturated rings. The van der Waals surface area contributed by atoms with Crippen LogP contribution in [0.15, 0.2) is 52.4 Å². The largest absolute Gasteiger partial charge is 0.305 e. The Morgan fingerprint density at radius 1 is 1.15 bits per heavy atom. The van der Waals surface area contributed by atoms with Gasteiger partial charge in [-0.3, -0.25) is 4.79 Å². The molecule has 0 unspecified atom stereocenters. The molecule has 0 spiro atoms. The number of carbonyl (C=O) groups is 1. The Labute approximate surface area is 198 Å². The number of unbranched alkanes of at least 4 members (excludes halogenated alkanes) is 1. The lowest BCUT2D eigenvalue weighted by atomic mass is 10.1. The van der Waals surface area contributed by atoms with E-state index in [-0.39, 0.29) is 4.90 Å². The Kier molecular flexibility index (Phi) is 7.13. The number of aryl methyl sites for hydroxylation is 1. The van der Waals surface area contributed by atoms with Gasteiger partial charge in [0.05, 0.1) is 21.7 Å². The van der Waals surface area contributed by atoms with Gasteiger partial charge in [0.2, 0.25) is 10.0 Å². The summed E-state index contributed by atoms with van der Waals surface area (Å²) < 4.78 is 29.8. The maximum Gasteiger partial charge on any atom is 0.279 e. The Morgan fingerprint density at radius 2 is 1.88 bits per heavy atom. The summed E-state index contributed by atoms with van der Waals surface area (Å²) in [5.74, 6) is 2.22. The number of rotatable bonds is 7. The van der Waals surface area contributed by atoms with Crippen LogP contribution in [-0.4, -0.2) is 36.3 Å². The van der Waals surface area contributed by atoms with Crippen molar-refractivity contribution in [2.75, 3.05) is 13.1 Å². The monoisotopic (exact) mass is 481 g/mol. The second-order valence-electron chi connectivity index (χ2n) is 8.13. The third-order valence-electron chi connectivity index (χ3n) is 5.82. The van der Waals surface area contributed by atoms with Crippen molar-refractivity contribution in [3.8, 4) is 12.3 Å². The number of amides is 1. The minimum Gasteiger partial charge on any atom is -0.305 e. The highest BCUT2D eigenvalue weighted by Gasteiger charge is 2.27. The van der Waals surface area contributed by atoms with Gasteiger partial charge in [-0.25, -0.2) is 8.42 Å². The van der Waals surface area contributed by atoms with Crippen molar-refractivity contribution in [2.45, 2.75) is 50.5 Å². The zero-order valence-electron chi connectivity index (χ0n) is 18.7. The van der Waals surface area contributed by atoms with Gasteiger partial charge in [0.25, 0.3) is 5.91 Å². The Hall–Kier alpha value is -2.73. The second-order valence-corrected chi connectivity index (χ2v) is 11.1. The zero-order valence-corrected chi connectivity index (χ0v) is 20.3. The topological polar surface area (TPSA) is 71.7 Å². The van der Waals surface area contributed by atoms with E-state index < -0.39 is 15.9 Å². The zero-order chi connectivity index (χ0) is 23.4. The van der Waals surface area contributed by atoms with Crippen molar-refractivity contribution >= 4 is 37.5 Å². The fourth-order valence-electron chi connectivity index (χ4n) is 3.98. The summed E-state index contributed by atoms with van der Waals surface area (Å²) in [6, 6.07) is 12.3. The molecule has 2 aromatic carbocycles. The minimum atomic E-state index is -3.52. The van der Waals surface area contributed by atoms with E-state index in [1.165, 1.54) is 45.5 Å². The molecule has 0 aliphatic carbocycles. The molecule has 1 aliphatic rings. The number of carbonyl (C=O) groups excluding carboxylic acids is 1. The highest BCUT2D eigenvalue weighted by molar-refractivity contribution is 7.89.